The molecule has 7 nitrogen and oxygen atoms in total. The van der Waals surface area contributed by atoms with Crippen LogP contribution in [0.4, 0.5) is 9.18 Å². The molecule has 0 unspecified atom stereocenters. The zero-order valence-electron chi connectivity index (χ0n) is 14.2. The molecular weight excluding hydrogens is 349 g/mol. The molecule has 1 aromatic rings. The smallest absolute Gasteiger partial charge is 0.315 e. The first-order chi connectivity index (χ1) is 11.9. The maximum atomic E-state index is 13.6. The van der Waals surface area contributed by atoms with Gasteiger partial charge in [0.15, 0.2) is 0 Å². The minimum Gasteiger partial charge on any atom is -0.379 e. The highest BCUT2D eigenvalue weighted by atomic mass is 32.2. The number of nitrogens with zero attached hydrogens (tertiary/aromatic N) is 1. The van der Waals surface area contributed by atoms with Crippen LogP contribution in [0.3, 0.4) is 0 Å². The third-order valence-electron chi connectivity index (χ3n) is 3.87. The van der Waals surface area contributed by atoms with E-state index < -0.39 is 16.1 Å². The van der Waals surface area contributed by atoms with Gasteiger partial charge in [-0.25, -0.2) is 17.6 Å². The Kier molecular flexibility index (Phi) is 7.15. The predicted octanol–water partition coefficient (Wildman–Crippen LogP) is 0.718. The summed E-state index contributed by atoms with van der Waals surface area (Å²) >= 11 is 0. The largest absolute Gasteiger partial charge is 0.379 e. The van der Waals surface area contributed by atoms with Gasteiger partial charge in [-0.1, -0.05) is 18.2 Å². The molecule has 0 bridgehead atoms. The molecule has 1 saturated heterocycles. The number of nitrogens with one attached hydrogen (secondary N) is 2. The molecule has 0 aliphatic carbocycles. The number of carbonyl (C=O) groups excluding carboxylic acids is 1. The molecule has 0 radical (unpaired) electrons. The molecule has 2 amide bonds. The van der Waals surface area contributed by atoms with Crippen LogP contribution in [0.5, 0.6) is 0 Å². The minimum atomic E-state index is -3.40. The SMILES string of the molecule is C[C@H](Cc1ccccc1F)NC(=O)NCCS(=O)(=O)N1CCOCC1. The first-order valence-electron chi connectivity index (χ1n) is 8.22. The molecule has 0 aromatic heterocycles. The minimum absolute atomic E-state index is 0.0118. The van der Waals surface area contributed by atoms with E-state index in [-0.39, 0.29) is 24.2 Å². The lowest BCUT2D eigenvalue weighted by Gasteiger charge is -2.26. The standard InChI is InChI=1S/C16H24FN3O4S/c1-13(12-14-4-2-3-5-15(14)17)19-16(21)18-6-11-25(22,23)20-7-9-24-10-8-20/h2-5,13H,6-12H2,1H3,(H2,18,19,21)/t13-/m1/s1. The van der Waals surface area contributed by atoms with Crippen molar-refractivity contribution in [2.75, 3.05) is 38.6 Å². The fourth-order valence-corrected chi connectivity index (χ4v) is 3.89. The van der Waals surface area contributed by atoms with Crippen LogP contribution >= 0.6 is 0 Å². The van der Waals surface area contributed by atoms with Gasteiger partial charge in [-0.2, -0.15) is 4.31 Å². The maximum absolute atomic E-state index is 13.6. The highest BCUT2D eigenvalue weighted by molar-refractivity contribution is 7.89. The van der Waals surface area contributed by atoms with E-state index in [9.17, 15) is 17.6 Å². The highest BCUT2D eigenvalue weighted by Gasteiger charge is 2.24. The van der Waals surface area contributed by atoms with Gasteiger partial charge in [0.25, 0.3) is 0 Å². The molecule has 140 valence electrons. The second-order valence-electron chi connectivity index (χ2n) is 5.92. The first kappa shape index (κ1) is 19.6. The Balaban J connectivity index is 1.72. The summed E-state index contributed by atoms with van der Waals surface area (Å²) < 4.78 is 44.3. The molecule has 2 N–H and O–H groups in total. The molecule has 0 spiro atoms. The Bertz CT molecular complexity index is 678. The first-order valence-corrected chi connectivity index (χ1v) is 9.83. The van der Waals surface area contributed by atoms with Crippen molar-refractivity contribution in [3.63, 3.8) is 0 Å². The third kappa shape index (κ3) is 6.26. The van der Waals surface area contributed by atoms with Crippen LogP contribution in [0.15, 0.2) is 24.3 Å². The van der Waals surface area contributed by atoms with Crippen molar-refractivity contribution in [3.05, 3.63) is 35.6 Å². The van der Waals surface area contributed by atoms with Crippen molar-refractivity contribution in [2.24, 2.45) is 0 Å². The van der Waals surface area contributed by atoms with E-state index in [0.29, 0.717) is 38.3 Å². The van der Waals surface area contributed by atoms with Crippen molar-refractivity contribution in [1.29, 1.82) is 0 Å². The predicted molar refractivity (Wildman–Crippen MR) is 92.3 cm³/mol. The van der Waals surface area contributed by atoms with Gasteiger partial charge >= 0.3 is 6.03 Å². The normalized spacial score (nSPS) is 17.0. The summed E-state index contributed by atoms with van der Waals surface area (Å²) in [6.45, 7) is 3.23. The van der Waals surface area contributed by atoms with Crippen molar-refractivity contribution >= 4 is 16.1 Å². The van der Waals surface area contributed by atoms with Crippen molar-refractivity contribution < 1.29 is 22.3 Å². The number of rotatable bonds is 7. The van der Waals surface area contributed by atoms with Crippen LogP contribution in [0.2, 0.25) is 0 Å². The fourth-order valence-electron chi connectivity index (χ4n) is 2.57. The Labute approximate surface area is 147 Å². The summed E-state index contributed by atoms with van der Waals surface area (Å²) in [5, 5.41) is 5.20. The quantitative estimate of drug-likeness (QED) is 0.737. The van der Waals surface area contributed by atoms with Gasteiger partial charge in [-0.15, -0.1) is 0 Å². The second-order valence-corrected chi connectivity index (χ2v) is 8.01. The molecule has 1 aliphatic rings. The van der Waals surface area contributed by atoms with Crippen LogP contribution < -0.4 is 10.6 Å². The molecule has 25 heavy (non-hydrogen) atoms. The van der Waals surface area contributed by atoms with E-state index in [1.165, 1.54) is 10.4 Å². The van der Waals surface area contributed by atoms with Gasteiger partial charge in [-0.3, -0.25) is 0 Å². The number of sulfonamides is 1. The van der Waals surface area contributed by atoms with Gasteiger partial charge in [0.1, 0.15) is 5.82 Å². The molecule has 1 aromatic carbocycles. The summed E-state index contributed by atoms with van der Waals surface area (Å²) in [7, 11) is -3.40. The lowest BCUT2D eigenvalue weighted by atomic mass is 10.1. The van der Waals surface area contributed by atoms with Crippen LogP contribution in [0.1, 0.15) is 12.5 Å². The number of morpholine rings is 1. The van der Waals surface area contributed by atoms with Crippen LogP contribution in [-0.2, 0) is 21.2 Å². The van der Waals surface area contributed by atoms with Crippen molar-refractivity contribution in [3.8, 4) is 0 Å². The van der Waals surface area contributed by atoms with Crippen molar-refractivity contribution in [2.45, 2.75) is 19.4 Å². The van der Waals surface area contributed by atoms with E-state index in [2.05, 4.69) is 10.6 Å². The molecule has 1 atom stereocenters. The Morgan fingerprint density at radius 2 is 2.00 bits per heavy atom. The summed E-state index contributed by atoms with van der Waals surface area (Å²) in [5.41, 5.74) is 0.519. The molecule has 0 saturated carbocycles. The van der Waals surface area contributed by atoms with Gasteiger partial charge in [0.2, 0.25) is 10.0 Å². The van der Waals surface area contributed by atoms with E-state index in [0.717, 1.165) is 0 Å². The Hall–Kier alpha value is -1.71. The van der Waals surface area contributed by atoms with E-state index in [4.69, 9.17) is 4.74 Å². The monoisotopic (exact) mass is 373 g/mol. The number of benzene rings is 1. The number of carbonyl (C=O) groups is 1. The number of ether oxygens (including phenoxy) is 1. The van der Waals surface area contributed by atoms with E-state index >= 15 is 0 Å². The molecule has 1 aliphatic heterocycles. The topological polar surface area (TPSA) is 87.7 Å². The molecule has 1 fully saturated rings. The lowest BCUT2D eigenvalue weighted by Crippen LogP contribution is -2.46. The zero-order chi connectivity index (χ0) is 18.3. The summed E-state index contributed by atoms with van der Waals surface area (Å²) in [6, 6.07) is 5.63. The zero-order valence-corrected chi connectivity index (χ0v) is 15.0. The third-order valence-corrected chi connectivity index (χ3v) is 5.74. The molecule has 9 heteroatoms. The average molecular weight is 373 g/mol. The van der Waals surface area contributed by atoms with Crippen molar-refractivity contribution in [1.82, 2.24) is 14.9 Å². The highest BCUT2D eigenvalue weighted by Crippen LogP contribution is 2.09. The van der Waals surface area contributed by atoms with Crippen LogP contribution in [0, 0.1) is 5.82 Å². The number of hydrogen-bond donors (Lipinski definition) is 2. The van der Waals surface area contributed by atoms with Gasteiger partial charge in [0.05, 0.1) is 19.0 Å². The molecular formula is C16H24FN3O4S. The van der Waals surface area contributed by atoms with Crippen LogP contribution in [-0.4, -0.2) is 63.4 Å². The Morgan fingerprint density at radius 3 is 2.68 bits per heavy atom. The number of amides is 2. The average Bonchev–Trinajstić information content (AvgIpc) is 2.57. The summed E-state index contributed by atoms with van der Waals surface area (Å²) in [6.07, 6.45) is 0.353. The van der Waals surface area contributed by atoms with Gasteiger partial charge < -0.3 is 15.4 Å². The van der Waals surface area contributed by atoms with Gasteiger partial charge in [-0.05, 0) is 25.0 Å². The number of halogens is 1. The fraction of sp³-hybridized carbons (Fsp3) is 0.562. The van der Waals surface area contributed by atoms with Gasteiger partial charge in [0, 0.05) is 25.7 Å². The maximum Gasteiger partial charge on any atom is 0.315 e. The van der Waals surface area contributed by atoms with Crippen LogP contribution in [0.25, 0.3) is 0 Å². The second kappa shape index (κ2) is 9.12. The van der Waals surface area contributed by atoms with E-state index in [1.54, 1.807) is 25.1 Å². The van der Waals surface area contributed by atoms with E-state index in [1.807, 2.05) is 0 Å². The lowest BCUT2D eigenvalue weighted by molar-refractivity contribution is 0.0730. The number of hydrogen-bond acceptors (Lipinski definition) is 4. The summed E-state index contributed by atoms with van der Waals surface area (Å²) in [4.78, 5) is 11.8. The molecule has 1 heterocycles. The summed E-state index contributed by atoms with van der Waals surface area (Å²) in [5.74, 6) is -0.476. The molecule has 2 rings (SSSR count). The number of urea groups is 1. The Morgan fingerprint density at radius 1 is 1.32 bits per heavy atom.